The third-order valence-corrected chi connectivity index (χ3v) is 5.62. The van der Waals surface area contributed by atoms with E-state index in [1.54, 1.807) is 37.4 Å². The largest absolute Gasteiger partial charge is 0.507 e. The average Bonchev–Trinajstić information content (AvgIpc) is 3.02. The molecule has 0 aliphatic carbocycles. The summed E-state index contributed by atoms with van der Waals surface area (Å²) in [7, 11) is 1.66. The van der Waals surface area contributed by atoms with E-state index in [4.69, 9.17) is 11.5 Å². The number of nitrogens with two attached hydrogens (primary N) is 2. The van der Waals surface area contributed by atoms with Crippen LogP contribution in [-0.4, -0.2) is 45.7 Å². The van der Waals surface area contributed by atoms with Gasteiger partial charge in [-0.3, -0.25) is 4.79 Å². The number of aromatic nitrogens is 1. The van der Waals surface area contributed by atoms with Crippen LogP contribution >= 0.6 is 0 Å². The molecular weight excluding hydrogens is 380 g/mol. The van der Waals surface area contributed by atoms with Gasteiger partial charge in [0, 0.05) is 35.5 Å². The molecule has 0 saturated carbocycles. The lowest BCUT2D eigenvalue weighted by atomic mass is 9.90. The van der Waals surface area contributed by atoms with Gasteiger partial charge in [-0.25, -0.2) is 0 Å². The molecule has 0 fully saturated rings. The number of aliphatic hydroxyl groups is 1. The van der Waals surface area contributed by atoms with Crippen molar-refractivity contribution in [1.82, 2.24) is 9.88 Å². The number of hydrogen-bond donors (Lipinski definition) is 5. The first-order valence-electron chi connectivity index (χ1n) is 9.98. The van der Waals surface area contributed by atoms with Crippen molar-refractivity contribution in [3.05, 3.63) is 59.3 Å². The van der Waals surface area contributed by atoms with Gasteiger partial charge >= 0.3 is 0 Å². The van der Waals surface area contributed by atoms with Crippen LogP contribution in [-0.2, 0) is 4.79 Å². The van der Waals surface area contributed by atoms with Crippen molar-refractivity contribution in [3.8, 4) is 5.75 Å². The molecule has 2 rings (SSSR count). The van der Waals surface area contributed by atoms with E-state index in [0.29, 0.717) is 23.5 Å². The highest BCUT2D eigenvalue weighted by Gasteiger charge is 2.25. The highest BCUT2D eigenvalue weighted by atomic mass is 16.3. The molecule has 1 aromatic heterocycles. The molecule has 0 bridgehead atoms. The Bertz CT molecular complexity index is 933. The number of nitrogens with zero attached hydrogens (tertiary/aromatic N) is 1. The third kappa shape index (κ3) is 4.86. The first-order chi connectivity index (χ1) is 14.2. The van der Waals surface area contributed by atoms with Gasteiger partial charge in [0.05, 0.1) is 12.6 Å². The summed E-state index contributed by atoms with van der Waals surface area (Å²) in [6.07, 6.45) is 4.36. The third-order valence-electron chi connectivity index (χ3n) is 5.62. The summed E-state index contributed by atoms with van der Waals surface area (Å²) in [6, 6.07) is 6.52. The normalized spacial score (nSPS) is 13.7. The number of hydrogen-bond acceptors (Lipinski definition) is 5. The molecule has 7 nitrogen and oxygen atoms in total. The average molecular weight is 413 g/mol. The Morgan fingerprint density at radius 3 is 2.60 bits per heavy atom. The molecule has 1 amide bonds. The summed E-state index contributed by atoms with van der Waals surface area (Å²) in [4.78, 5) is 16.7. The summed E-state index contributed by atoms with van der Waals surface area (Å²) in [6.45, 7) is 7.38. The first-order valence-corrected chi connectivity index (χ1v) is 9.98. The Labute approximate surface area is 177 Å². The van der Waals surface area contributed by atoms with Gasteiger partial charge in [0.2, 0.25) is 5.91 Å². The SMILES string of the molecule is C=CC(=O)N(C)[C@H](CO)C[C@@H](CC)c1[nH]c(N)c(/C=C(\N)c2ccccc2O)c1C. The number of amides is 1. The van der Waals surface area contributed by atoms with E-state index in [9.17, 15) is 15.0 Å². The lowest BCUT2D eigenvalue weighted by Crippen LogP contribution is -2.39. The van der Waals surface area contributed by atoms with Crippen LogP contribution in [0.25, 0.3) is 11.8 Å². The number of rotatable bonds is 9. The number of aromatic hydroxyl groups is 1. The highest BCUT2D eigenvalue weighted by molar-refractivity contribution is 5.87. The van der Waals surface area contributed by atoms with Crippen LogP contribution in [0, 0.1) is 6.92 Å². The maximum atomic E-state index is 12.0. The van der Waals surface area contributed by atoms with Gasteiger partial charge < -0.3 is 31.6 Å². The summed E-state index contributed by atoms with van der Waals surface area (Å²) < 4.78 is 0. The smallest absolute Gasteiger partial charge is 0.246 e. The van der Waals surface area contributed by atoms with Gasteiger partial charge in [-0.1, -0.05) is 25.6 Å². The number of nitrogens with one attached hydrogen (secondary N) is 1. The number of para-hydroxylation sites is 1. The summed E-state index contributed by atoms with van der Waals surface area (Å²) >= 11 is 0. The van der Waals surface area contributed by atoms with Crippen LogP contribution in [0.4, 0.5) is 5.82 Å². The van der Waals surface area contributed by atoms with Crippen LogP contribution in [0.5, 0.6) is 5.75 Å². The van der Waals surface area contributed by atoms with Gasteiger partial charge in [-0.2, -0.15) is 0 Å². The molecule has 0 saturated heterocycles. The minimum Gasteiger partial charge on any atom is -0.507 e. The van der Waals surface area contributed by atoms with E-state index in [-0.39, 0.29) is 30.2 Å². The number of nitrogen functional groups attached to an aromatic ring is 1. The van der Waals surface area contributed by atoms with Crippen molar-refractivity contribution >= 4 is 23.5 Å². The number of likely N-dealkylation sites (N-methyl/N-ethyl adjacent to an activating group) is 1. The topological polar surface area (TPSA) is 129 Å². The molecule has 2 aromatic rings. The van der Waals surface area contributed by atoms with Crippen LogP contribution in [0.15, 0.2) is 36.9 Å². The molecule has 2 atom stereocenters. The van der Waals surface area contributed by atoms with E-state index in [1.165, 1.54) is 11.0 Å². The first kappa shape index (κ1) is 23.1. The maximum Gasteiger partial charge on any atom is 0.246 e. The second kappa shape index (κ2) is 10.0. The van der Waals surface area contributed by atoms with Crippen molar-refractivity contribution in [2.45, 2.75) is 38.6 Å². The van der Waals surface area contributed by atoms with Gasteiger partial charge in [0.1, 0.15) is 11.6 Å². The number of carbonyl (C=O) groups is 1. The number of H-pyrrole nitrogens is 1. The number of phenols is 1. The monoisotopic (exact) mass is 412 g/mol. The van der Waals surface area contributed by atoms with E-state index < -0.39 is 0 Å². The molecule has 0 aliphatic rings. The molecule has 30 heavy (non-hydrogen) atoms. The minimum absolute atomic E-state index is 0.0537. The Morgan fingerprint density at radius 1 is 1.37 bits per heavy atom. The Kier molecular flexibility index (Phi) is 7.72. The fraction of sp³-hybridized carbons (Fsp3) is 0.348. The lowest BCUT2D eigenvalue weighted by Gasteiger charge is -2.29. The molecular formula is C23H32N4O3. The molecule has 1 aromatic carbocycles. The minimum atomic E-state index is -0.338. The van der Waals surface area contributed by atoms with Crippen LogP contribution in [0.2, 0.25) is 0 Å². The Morgan fingerprint density at radius 2 is 2.03 bits per heavy atom. The van der Waals surface area contributed by atoms with Crippen LogP contribution in [0.1, 0.15) is 48.1 Å². The van der Waals surface area contributed by atoms with Crippen molar-refractivity contribution in [1.29, 1.82) is 0 Å². The van der Waals surface area contributed by atoms with E-state index in [0.717, 1.165) is 23.2 Å². The fourth-order valence-electron chi connectivity index (χ4n) is 3.69. The number of anilines is 1. The maximum absolute atomic E-state index is 12.0. The Hall–Kier alpha value is -3.19. The quantitative estimate of drug-likeness (QED) is 0.405. The van der Waals surface area contributed by atoms with Gasteiger partial charge in [0.25, 0.3) is 0 Å². The van der Waals surface area contributed by atoms with Crippen molar-refractivity contribution in [2.75, 3.05) is 19.4 Å². The summed E-state index contributed by atoms with van der Waals surface area (Å²) in [5.41, 5.74) is 16.1. The predicted molar refractivity (Wildman–Crippen MR) is 122 cm³/mol. The molecule has 7 N–H and O–H groups in total. The van der Waals surface area contributed by atoms with E-state index in [2.05, 4.69) is 18.5 Å². The van der Waals surface area contributed by atoms with E-state index in [1.807, 2.05) is 6.92 Å². The highest BCUT2D eigenvalue weighted by Crippen LogP contribution is 2.34. The Balaban J connectivity index is 2.36. The molecule has 0 radical (unpaired) electrons. The van der Waals surface area contributed by atoms with Gasteiger partial charge in [-0.15, -0.1) is 0 Å². The molecule has 162 valence electrons. The molecule has 0 unspecified atom stereocenters. The standard InChI is InChI=1S/C23H32N4O3/c1-5-15(11-16(13-28)27(4)21(30)6-2)22-14(3)18(23(25)26-22)12-19(24)17-9-7-8-10-20(17)29/h6-10,12,15-16,26,28-29H,2,5,11,13,24-25H2,1,3-4H3/b19-12-/t15-,16+/m1/s1. The molecule has 1 heterocycles. The predicted octanol–water partition coefficient (Wildman–Crippen LogP) is 2.96. The molecule has 0 aliphatic heterocycles. The molecule has 0 spiro atoms. The zero-order chi connectivity index (χ0) is 22.4. The fourth-order valence-corrected chi connectivity index (χ4v) is 3.69. The lowest BCUT2D eigenvalue weighted by molar-refractivity contribution is -0.127. The second-order valence-corrected chi connectivity index (χ2v) is 7.44. The van der Waals surface area contributed by atoms with Crippen molar-refractivity contribution < 1.29 is 15.0 Å². The van der Waals surface area contributed by atoms with Crippen molar-refractivity contribution in [3.63, 3.8) is 0 Å². The molecule has 7 heteroatoms. The zero-order valence-corrected chi connectivity index (χ0v) is 17.9. The van der Waals surface area contributed by atoms with Gasteiger partial charge in [-0.05, 0) is 49.6 Å². The zero-order valence-electron chi connectivity index (χ0n) is 17.9. The van der Waals surface area contributed by atoms with Crippen LogP contribution in [0.3, 0.4) is 0 Å². The number of benzene rings is 1. The van der Waals surface area contributed by atoms with Crippen LogP contribution < -0.4 is 11.5 Å². The number of phenolic OH excluding ortho intramolecular Hbond substituents is 1. The van der Waals surface area contributed by atoms with Crippen molar-refractivity contribution in [2.24, 2.45) is 5.73 Å². The summed E-state index contributed by atoms with van der Waals surface area (Å²) in [5.74, 6) is 0.407. The van der Waals surface area contributed by atoms with E-state index >= 15 is 0 Å². The number of carbonyl (C=O) groups excluding carboxylic acids is 1. The number of aliphatic hydroxyl groups excluding tert-OH is 1. The van der Waals surface area contributed by atoms with Gasteiger partial charge in [0.15, 0.2) is 0 Å². The number of aromatic amines is 1. The second-order valence-electron chi connectivity index (χ2n) is 7.44. The summed E-state index contributed by atoms with van der Waals surface area (Å²) in [5, 5.41) is 19.9.